The molecule has 0 saturated heterocycles. The van der Waals surface area contributed by atoms with Gasteiger partial charge in [-0.1, -0.05) is 18.2 Å². The molecular formula is C22H25N5O3. The lowest BCUT2D eigenvalue weighted by molar-refractivity contribution is -0.118. The quantitative estimate of drug-likeness (QED) is 0.627. The minimum absolute atomic E-state index is 0.0574. The zero-order valence-corrected chi connectivity index (χ0v) is 17.3. The third-order valence-electron chi connectivity index (χ3n) is 4.93. The van der Waals surface area contributed by atoms with E-state index in [1.54, 1.807) is 59.0 Å². The van der Waals surface area contributed by atoms with Gasteiger partial charge in [0, 0.05) is 37.2 Å². The number of rotatable bonds is 7. The lowest BCUT2D eigenvalue weighted by atomic mass is 10.1. The third kappa shape index (κ3) is 4.48. The highest BCUT2D eigenvalue weighted by Gasteiger charge is 2.19. The van der Waals surface area contributed by atoms with Crippen molar-refractivity contribution in [3.05, 3.63) is 59.7 Å². The molecule has 1 heterocycles. The molecule has 0 radical (unpaired) electrons. The number of anilines is 1. The van der Waals surface area contributed by atoms with Gasteiger partial charge in [0.2, 0.25) is 11.9 Å². The highest BCUT2D eigenvalue weighted by molar-refractivity contribution is 6.04. The highest BCUT2D eigenvalue weighted by Crippen LogP contribution is 2.23. The summed E-state index contributed by atoms with van der Waals surface area (Å²) in [6.07, 6.45) is 0.0937. The number of benzene rings is 2. The van der Waals surface area contributed by atoms with Crippen LogP contribution in [0.15, 0.2) is 48.5 Å². The summed E-state index contributed by atoms with van der Waals surface area (Å²) in [4.78, 5) is 42.7. The number of imidazole rings is 1. The lowest BCUT2D eigenvalue weighted by Crippen LogP contribution is -2.32. The summed E-state index contributed by atoms with van der Waals surface area (Å²) in [5, 5.41) is 2.80. The van der Waals surface area contributed by atoms with E-state index in [9.17, 15) is 14.4 Å². The third-order valence-corrected chi connectivity index (χ3v) is 4.93. The van der Waals surface area contributed by atoms with E-state index in [-0.39, 0.29) is 30.8 Å². The van der Waals surface area contributed by atoms with Gasteiger partial charge in [-0.05, 0) is 44.2 Å². The van der Waals surface area contributed by atoms with E-state index in [1.165, 1.54) is 0 Å². The van der Waals surface area contributed by atoms with Gasteiger partial charge in [-0.15, -0.1) is 0 Å². The molecule has 3 amide bonds. The predicted octanol–water partition coefficient (Wildman–Crippen LogP) is 2.64. The van der Waals surface area contributed by atoms with Gasteiger partial charge in [0.15, 0.2) is 0 Å². The van der Waals surface area contributed by atoms with Gasteiger partial charge in [-0.2, -0.15) is 0 Å². The Bertz CT molecular complexity index is 1090. The summed E-state index contributed by atoms with van der Waals surface area (Å²) in [5.74, 6) is -0.597. The largest absolute Gasteiger partial charge is 0.370 e. The number of carbonyl (C=O) groups is 3. The number of nitrogens with zero attached hydrogens (tertiary/aromatic N) is 3. The Morgan fingerprint density at radius 1 is 1.10 bits per heavy atom. The van der Waals surface area contributed by atoms with Crippen molar-refractivity contribution in [1.82, 2.24) is 14.5 Å². The number of hydrogen-bond donors (Lipinski definition) is 2. The topological polar surface area (TPSA) is 110 Å². The van der Waals surface area contributed by atoms with Gasteiger partial charge in [-0.25, -0.2) is 4.98 Å². The number of primary amides is 1. The number of nitrogens with one attached hydrogen (secondary N) is 1. The van der Waals surface area contributed by atoms with E-state index >= 15 is 0 Å². The first-order chi connectivity index (χ1) is 14.3. The van der Waals surface area contributed by atoms with E-state index < -0.39 is 5.91 Å². The van der Waals surface area contributed by atoms with Crippen LogP contribution in [-0.2, 0) is 11.3 Å². The Kier molecular flexibility index (Phi) is 6.15. The molecule has 0 aliphatic rings. The molecule has 0 fully saturated rings. The lowest BCUT2D eigenvalue weighted by Gasteiger charge is -2.21. The molecule has 0 atom stereocenters. The average Bonchev–Trinajstić information content (AvgIpc) is 3.07. The van der Waals surface area contributed by atoms with Crippen molar-refractivity contribution in [1.29, 1.82) is 0 Å². The summed E-state index contributed by atoms with van der Waals surface area (Å²) >= 11 is 0. The van der Waals surface area contributed by atoms with Crippen LogP contribution in [0.1, 0.15) is 41.0 Å². The van der Waals surface area contributed by atoms with Crippen molar-refractivity contribution in [2.45, 2.75) is 32.9 Å². The average molecular weight is 407 g/mol. The second-order valence-corrected chi connectivity index (χ2v) is 7.34. The molecule has 2 aromatic carbocycles. The van der Waals surface area contributed by atoms with Gasteiger partial charge < -0.3 is 15.2 Å². The fourth-order valence-electron chi connectivity index (χ4n) is 3.01. The first-order valence-corrected chi connectivity index (χ1v) is 9.70. The van der Waals surface area contributed by atoms with Gasteiger partial charge in [0.25, 0.3) is 11.8 Å². The summed E-state index contributed by atoms with van der Waals surface area (Å²) in [6, 6.07) is 14.0. The van der Waals surface area contributed by atoms with Crippen molar-refractivity contribution < 1.29 is 14.4 Å². The molecular weight excluding hydrogens is 382 g/mol. The fraction of sp³-hybridized carbons (Fsp3) is 0.273. The van der Waals surface area contributed by atoms with Crippen molar-refractivity contribution in [3.8, 4) is 0 Å². The predicted molar refractivity (Wildman–Crippen MR) is 115 cm³/mol. The van der Waals surface area contributed by atoms with E-state index in [0.29, 0.717) is 28.1 Å². The monoisotopic (exact) mass is 407 g/mol. The minimum atomic E-state index is -0.456. The zero-order valence-electron chi connectivity index (χ0n) is 17.3. The van der Waals surface area contributed by atoms with Crippen LogP contribution in [0, 0.1) is 0 Å². The molecule has 156 valence electrons. The molecule has 0 bridgehead atoms. The van der Waals surface area contributed by atoms with Crippen LogP contribution in [0.25, 0.3) is 11.0 Å². The van der Waals surface area contributed by atoms with Crippen LogP contribution in [0.5, 0.6) is 0 Å². The minimum Gasteiger partial charge on any atom is -0.370 e. The van der Waals surface area contributed by atoms with Crippen LogP contribution in [0.3, 0.4) is 0 Å². The maximum Gasteiger partial charge on any atom is 0.257 e. The van der Waals surface area contributed by atoms with Crippen molar-refractivity contribution in [3.63, 3.8) is 0 Å². The normalized spacial score (nSPS) is 10.9. The van der Waals surface area contributed by atoms with Gasteiger partial charge in [-0.3, -0.25) is 19.7 Å². The standard InChI is InChI=1S/C22H25N5O3/c1-14(2)26(3)21(30)16-9-10-18-17(13-16)24-22(27(18)12-11-19(23)28)25-20(29)15-7-5-4-6-8-15/h4-10,13-14H,11-12H2,1-3H3,(H2,23,28)(H,24,25,29). The number of fused-ring (bicyclic) bond motifs is 1. The first kappa shape index (κ1) is 21.0. The molecule has 30 heavy (non-hydrogen) atoms. The van der Waals surface area contributed by atoms with E-state index in [0.717, 1.165) is 0 Å². The first-order valence-electron chi connectivity index (χ1n) is 9.70. The summed E-state index contributed by atoms with van der Waals surface area (Å²) in [5.41, 5.74) is 7.54. The highest BCUT2D eigenvalue weighted by atomic mass is 16.2. The van der Waals surface area contributed by atoms with Crippen LogP contribution in [0.4, 0.5) is 5.95 Å². The maximum atomic E-state index is 12.7. The molecule has 1 aromatic heterocycles. The van der Waals surface area contributed by atoms with Gasteiger partial charge in [0.05, 0.1) is 11.0 Å². The molecule has 3 N–H and O–H groups in total. The molecule has 0 spiro atoms. The van der Waals surface area contributed by atoms with Crippen LogP contribution in [0.2, 0.25) is 0 Å². The number of amides is 3. The fourth-order valence-corrected chi connectivity index (χ4v) is 3.01. The molecule has 3 aromatic rings. The van der Waals surface area contributed by atoms with E-state index in [2.05, 4.69) is 10.3 Å². The van der Waals surface area contributed by atoms with Gasteiger partial charge in [0.1, 0.15) is 0 Å². The summed E-state index contributed by atoms with van der Waals surface area (Å²) in [6.45, 7) is 4.13. The molecule has 8 heteroatoms. The second-order valence-electron chi connectivity index (χ2n) is 7.34. The van der Waals surface area contributed by atoms with Crippen molar-refractivity contribution in [2.24, 2.45) is 5.73 Å². The van der Waals surface area contributed by atoms with Crippen molar-refractivity contribution in [2.75, 3.05) is 12.4 Å². The molecule has 8 nitrogen and oxygen atoms in total. The smallest absolute Gasteiger partial charge is 0.257 e. The molecule has 3 rings (SSSR count). The Labute approximate surface area is 174 Å². The molecule has 0 aliphatic heterocycles. The molecule has 0 unspecified atom stereocenters. The molecule has 0 saturated carbocycles. The van der Waals surface area contributed by atoms with Crippen LogP contribution in [-0.4, -0.2) is 45.3 Å². The Morgan fingerprint density at radius 3 is 2.43 bits per heavy atom. The SMILES string of the molecule is CC(C)N(C)C(=O)c1ccc2c(c1)nc(NC(=O)c1ccccc1)n2CCC(N)=O. The number of hydrogen-bond acceptors (Lipinski definition) is 4. The van der Waals surface area contributed by atoms with Crippen LogP contribution < -0.4 is 11.1 Å². The maximum absolute atomic E-state index is 12.7. The number of carbonyl (C=O) groups excluding carboxylic acids is 3. The Morgan fingerprint density at radius 2 is 1.80 bits per heavy atom. The number of aromatic nitrogens is 2. The Hall–Kier alpha value is -3.68. The van der Waals surface area contributed by atoms with Gasteiger partial charge >= 0.3 is 0 Å². The zero-order chi connectivity index (χ0) is 21.8. The van der Waals surface area contributed by atoms with Crippen LogP contribution >= 0.6 is 0 Å². The Balaban J connectivity index is 1.99. The summed E-state index contributed by atoms with van der Waals surface area (Å²) in [7, 11) is 1.74. The number of aryl methyl sites for hydroxylation is 1. The van der Waals surface area contributed by atoms with E-state index in [1.807, 2.05) is 19.9 Å². The van der Waals surface area contributed by atoms with Crippen molar-refractivity contribution >= 4 is 34.7 Å². The van der Waals surface area contributed by atoms with E-state index in [4.69, 9.17) is 5.73 Å². The number of nitrogens with two attached hydrogens (primary N) is 1. The second kappa shape index (κ2) is 8.77. The summed E-state index contributed by atoms with van der Waals surface area (Å²) < 4.78 is 1.72. The molecule has 0 aliphatic carbocycles.